The molecule has 1 aliphatic rings. The Balaban J connectivity index is 1.33. The van der Waals surface area contributed by atoms with Crippen LogP contribution < -0.4 is 4.74 Å². The number of carbonyl (C=O) groups excluding carboxylic acids is 1. The van der Waals surface area contributed by atoms with Crippen molar-refractivity contribution in [1.82, 2.24) is 14.9 Å². The molecular formula is C22H25N3O2. The highest BCUT2D eigenvalue weighted by Crippen LogP contribution is 2.28. The molecular weight excluding hydrogens is 338 g/mol. The summed E-state index contributed by atoms with van der Waals surface area (Å²) in [5.74, 6) is 2.26. The molecule has 1 N–H and O–H groups in total. The summed E-state index contributed by atoms with van der Waals surface area (Å²) in [4.78, 5) is 22.6. The van der Waals surface area contributed by atoms with Gasteiger partial charge in [0.2, 0.25) is 0 Å². The van der Waals surface area contributed by atoms with E-state index in [-0.39, 0.29) is 12.5 Å². The van der Waals surface area contributed by atoms with Gasteiger partial charge >= 0.3 is 0 Å². The van der Waals surface area contributed by atoms with Gasteiger partial charge in [-0.1, -0.05) is 24.3 Å². The van der Waals surface area contributed by atoms with E-state index in [4.69, 9.17) is 9.72 Å². The number of nitrogens with one attached hydrogen (secondary N) is 1. The number of para-hydroxylation sites is 2. The summed E-state index contributed by atoms with van der Waals surface area (Å²) in [7, 11) is 0. The number of hydrogen-bond donors (Lipinski definition) is 1. The molecule has 0 unspecified atom stereocenters. The zero-order valence-electron chi connectivity index (χ0n) is 15.9. The lowest BCUT2D eigenvalue weighted by Gasteiger charge is -2.31. The van der Waals surface area contributed by atoms with Gasteiger partial charge in [0.25, 0.3) is 5.91 Å². The lowest BCUT2D eigenvalue weighted by atomic mass is 9.96. The molecule has 1 aliphatic heterocycles. The average molecular weight is 363 g/mol. The molecule has 1 aromatic heterocycles. The Kier molecular flexibility index (Phi) is 4.84. The second-order valence-electron chi connectivity index (χ2n) is 7.35. The predicted molar refractivity (Wildman–Crippen MR) is 106 cm³/mol. The largest absolute Gasteiger partial charge is 0.483 e. The lowest BCUT2D eigenvalue weighted by molar-refractivity contribution is -0.134. The number of rotatable bonds is 4. The molecule has 5 nitrogen and oxygen atoms in total. The number of ether oxygens (including phenoxy) is 1. The van der Waals surface area contributed by atoms with E-state index in [2.05, 4.69) is 11.1 Å². The molecule has 1 saturated heterocycles. The molecule has 1 amide bonds. The van der Waals surface area contributed by atoms with Crippen LogP contribution >= 0.6 is 0 Å². The van der Waals surface area contributed by atoms with Crippen LogP contribution in [0.1, 0.15) is 35.7 Å². The van der Waals surface area contributed by atoms with Gasteiger partial charge in [0.15, 0.2) is 6.61 Å². The minimum absolute atomic E-state index is 0.0546. The van der Waals surface area contributed by atoms with Crippen LogP contribution in [0.15, 0.2) is 42.5 Å². The Morgan fingerprint density at radius 3 is 2.74 bits per heavy atom. The normalized spacial score (nSPS) is 15.3. The molecule has 3 aromatic rings. The number of aromatic nitrogens is 2. The molecule has 0 radical (unpaired) electrons. The first-order chi connectivity index (χ1) is 13.1. The maximum absolute atomic E-state index is 12.5. The lowest BCUT2D eigenvalue weighted by Crippen LogP contribution is -2.40. The fourth-order valence-corrected chi connectivity index (χ4v) is 3.66. The topological polar surface area (TPSA) is 58.2 Å². The molecule has 0 bridgehead atoms. The Labute approximate surface area is 159 Å². The Hall–Kier alpha value is -2.82. The van der Waals surface area contributed by atoms with Crippen molar-refractivity contribution in [2.75, 3.05) is 19.7 Å². The van der Waals surface area contributed by atoms with E-state index in [1.807, 2.05) is 55.1 Å². The van der Waals surface area contributed by atoms with Crippen molar-refractivity contribution < 1.29 is 9.53 Å². The first-order valence-corrected chi connectivity index (χ1v) is 9.52. The first kappa shape index (κ1) is 17.6. The summed E-state index contributed by atoms with van der Waals surface area (Å²) >= 11 is 0. The number of aromatic amines is 1. The summed E-state index contributed by atoms with van der Waals surface area (Å²) in [6.07, 6.45) is 1.85. The number of fused-ring (bicyclic) bond motifs is 1. The number of carbonyl (C=O) groups is 1. The van der Waals surface area contributed by atoms with Crippen LogP contribution in [0.3, 0.4) is 0 Å². The molecule has 0 spiro atoms. The third-order valence-electron chi connectivity index (χ3n) is 5.34. The van der Waals surface area contributed by atoms with Crippen LogP contribution in [0.4, 0.5) is 0 Å². The minimum Gasteiger partial charge on any atom is -0.483 e. The average Bonchev–Trinajstić information content (AvgIpc) is 3.13. The van der Waals surface area contributed by atoms with Crippen molar-refractivity contribution in [2.45, 2.75) is 32.6 Å². The number of amides is 1. The van der Waals surface area contributed by atoms with Gasteiger partial charge in [0, 0.05) is 19.0 Å². The van der Waals surface area contributed by atoms with Gasteiger partial charge < -0.3 is 14.6 Å². The number of imidazole rings is 1. The highest BCUT2D eigenvalue weighted by Gasteiger charge is 2.26. The maximum atomic E-state index is 12.5. The van der Waals surface area contributed by atoms with Gasteiger partial charge in [-0.25, -0.2) is 4.98 Å². The van der Waals surface area contributed by atoms with Crippen LogP contribution in [0.5, 0.6) is 5.75 Å². The van der Waals surface area contributed by atoms with E-state index in [0.29, 0.717) is 5.92 Å². The standard InChI is InChI=1S/C22H25N3O2/c1-15-7-8-16(2)20(13-15)27-14-21(26)25-11-9-17(10-12-25)22-23-18-5-3-4-6-19(18)24-22/h3-8,13,17H,9-12,14H2,1-2H3,(H,23,24). The first-order valence-electron chi connectivity index (χ1n) is 9.52. The van der Waals surface area contributed by atoms with Gasteiger partial charge in [-0.2, -0.15) is 0 Å². The number of H-pyrrole nitrogens is 1. The highest BCUT2D eigenvalue weighted by atomic mass is 16.5. The number of benzene rings is 2. The van der Waals surface area contributed by atoms with Crippen LogP contribution in [0, 0.1) is 13.8 Å². The number of nitrogens with zero attached hydrogens (tertiary/aromatic N) is 2. The Bertz CT molecular complexity index is 922. The molecule has 5 heteroatoms. The summed E-state index contributed by atoms with van der Waals surface area (Å²) in [5, 5.41) is 0. The van der Waals surface area contributed by atoms with Gasteiger partial charge in [-0.15, -0.1) is 0 Å². The van der Waals surface area contributed by atoms with Crippen LogP contribution in [-0.4, -0.2) is 40.5 Å². The van der Waals surface area contributed by atoms with Crippen molar-refractivity contribution in [3.8, 4) is 5.75 Å². The fourth-order valence-electron chi connectivity index (χ4n) is 3.66. The molecule has 4 rings (SSSR count). The third kappa shape index (κ3) is 3.82. The maximum Gasteiger partial charge on any atom is 0.260 e. The van der Waals surface area contributed by atoms with E-state index in [1.165, 1.54) is 0 Å². The number of likely N-dealkylation sites (tertiary alicyclic amines) is 1. The molecule has 2 aromatic carbocycles. The molecule has 0 saturated carbocycles. The van der Waals surface area contributed by atoms with Crippen molar-refractivity contribution >= 4 is 16.9 Å². The van der Waals surface area contributed by atoms with Crippen molar-refractivity contribution in [2.24, 2.45) is 0 Å². The van der Waals surface area contributed by atoms with Crippen molar-refractivity contribution in [1.29, 1.82) is 0 Å². The van der Waals surface area contributed by atoms with Gasteiger partial charge in [0.1, 0.15) is 11.6 Å². The predicted octanol–water partition coefficient (Wildman–Crippen LogP) is 3.96. The fraction of sp³-hybridized carbons (Fsp3) is 0.364. The van der Waals surface area contributed by atoms with Crippen molar-refractivity contribution in [3.05, 3.63) is 59.4 Å². The summed E-state index contributed by atoms with van der Waals surface area (Å²) < 4.78 is 5.77. The van der Waals surface area contributed by atoms with E-state index in [1.54, 1.807) is 0 Å². The van der Waals surface area contributed by atoms with E-state index in [9.17, 15) is 4.79 Å². The molecule has 1 fully saturated rings. The van der Waals surface area contributed by atoms with E-state index in [0.717, 1.165) is 59.7 Å². The third-order valence-corrected chi connectivity index (χ3v) is 5.34. The molecule has 0 aliphatic carbocycles. The molecule has 2 heterocycles. The van der Waals surface area contributed by atoms with Crippen LogP contribution in [0.25, 0.3) is 11.0 Å². The number of piperidine rings is 1. The smallest absolute Gasteiger partial charge is 0.260 e. The highest BCUT2D eigenvalue weighted by molar-refractivity contribution is 5.78. The number of aryl methyl sites for hydroxylation is 2. The molecule has 27 heavy (non-hydrogen) atoms. The molecule has 0 atom stereocenters. The van der Waals surface area contributed by atoms with Crippen LogP contribution in [0.2, 0.25) is 0 Å². The van der Waals surface area contributed by atoms with Gasteiger partial charge in [-0.05, 0) is 56.0 Å². The molecule has 140 valence electrons. The summed E-state index contributed by atoms with van der Waals surface area (Å²) in [6, 6.07) is 14.1. The Morgan fingerprint density at radius 2 is 1.96 bits per heavy atom. The minimum atomic E-state index is 0.0546. The monoisotopic (exact) mass is 363 g/mol. The number of hydrogen-bond acceptors (Lipinski definition) is 3. The zero-order valence-corrected chi connectivity index (χ0v) is 15.9. The summed E-state index contributed by atoms with van der Waals surface area (Å²) in [6.45, 7) is 5.61. The van der Waals surface area contributed by atoms with E-state index < -0.39 is 0 Å². The van der Waals surface area contributed by atoms with Gasteiger partial charge in [0.05, 0.1) is 11.0 Å². The van der Waals surface area contributed by atoms with Crippen LogP contribution in [-0.2, 0) is 4.79 Å². The quantitative estimate of drug-likeness (QED) is 0.763. The van der Waals surface area contributed by atoms with Gasteiger partial charge in [-0.3, -0.25) is 4.79 Å². The van der Waals surface area contributed by atoms with Crippen molar-refractivity contribution in [3.63, 3.8) is 0 Å². The van der Waals surface area contributed by atoms with E-state index >= 15 is 0 Å². The zero-order chi connectivity index (χ0) is 18.8. The Morgan fingerprint density at radius 1 is 1.19 bits per heavy atom. The summed E-state index contributed by atoms with van der Waals surface area (Å²) in [5.41, 5.74) is 4.27. The SMILES string of the molecule is Cc1ccc(C)c(OCC(=O)N2CCC(c3nc4ccccc4[nH]3)CC2)c1. The second-order valence-corrected chi connectivity index (χ2v) is 7.35. The second kappa shape index (κ2) is 7.43.